The van der Waals surface area contributed by atoms with Gasteiger partial charge in [-0.3, -0.25) is 9.59 Å². The standard InChI is InChI=1S/C28H23BrF2N6O2S/c1-36-25(15-32-27(39)19-3-2-4-22(31)13-19)33-34-28(36)40-16-26(38)37-24(18-7-11-21(30)12-8-18)14-23(35-37)17-5-9-20(29)10-6-17/h2-13,24H,14-16H2,1H3,(H,32,39)/t24-/m1/s1. The highest BCUT2D eigenvalue weighted by atomic mass is 79.9. The molecular weight excluding hydrogens is 602 g/mol. The molecule has 2 heterocycles. The number of halogens is 3. The number of carbonyl (C=O) groups is 2. The SMILES string of the molecule is Cn1c(CNC(=O)c2cccc(F)c2)nnc1SCC(=O)N1N=C(c2ccc(Br)cc2)C[C@@H]1c1ccc(F)cc1. The number of amides is 2. The Balaban J connectivity index is 1.27. The van der Waals surface area contributed by atoms with E-state index in [4.69, 9.17) is 0 Å². The molecule has 0 saturated carbocycles. The van der Waals surface area contributed by atoms with Gasteiger partial charge in [-0.15, -0.1) is 10.2 Å². The van der Waals surface area contributed by atoms with E-state index in [2.05, 4.69) is 36.5 Å². The Bertz CT molecular complexity index is 1580. The maximum atomic E-state index is 13.6. The van der Waals surface area contributed by atoms with Crippen LogP contribution in [-0.2, 0) is 18.4 Å². The first-order valence-electron chi connectivity index (χ1n) is 12.2. The van der Waals surface area contributed by atoms with Gasteiger partial charge in [0.25, 0.3) is 11.8 Å². The topological polar surface area (TPSA) is 92.5 Å². The fourth-order valence-corrected chi connectivity index (χ4v) is 5.26. The van der Waals surface area contributed by atoms with Crippen LogP contribution in [0, 0.1) is 11.6 Å². The molecule has 0 saturated heterocycles. The van der Waals surface area contributed by atoms with Gasteiger partial charge in [-0.1, -0.05) is 58.0 Å². The Kier molecular flexibility index (Phi) is 8.36. The minimum atomic E-state index is -0.498. The number of benzene rings is 3. The van der Waals surface area contributed by atoms with Crippen LogP contribution in [0.25, 0.3) is 0 Å². The molecule has 0 fully saturated rings. The highest BCUT2D eigenvalue weighted by molar-refractivity contribution is 9.10. The lowest BCUT2D eigenvalue weighted by Gasteiger charge is -2.22. The normalized spacial score (nSPS) is 14.8. The maximum absolute atomic E-state index is 13.6. The van der Waals surface area contributed by atoms with Crippen molar-refractivity contribution in [2.24, 2.45) is 12.1 Å². The van der Waals surface area contributed by atoms with Crippen LogP contribution in [0.2, 0.25) is 0 Å². The van der Waals surface area contributed by atoms with Crippen molar-refractivity contribution >= 4 is 45.2 Å². The largest absolute Gasteiger partial charge is 0.345 e. The summed E-state index contributed by atoms with van der Waals surface area (Å²) >= 11 is 4.63. The zero-order chi connectivity index (χ0) is 28.2. The molecule has 3 aromatic carbocycles. The summed E-state index contributed by atoms with van der Waals surface area (Å²) < 4.78 is 29.6. The summed E-state index contributed by atoms with van der Waals surface area (Å²) in [5.41, 5.74) is 2.64. The minimum absolute atomic E-state index is 0.0381. The van der Waals surface area contributed by atoms with Gasteiger partial charge >= 0.3 is 0 Å². The zero-order valence-corrected chi connectivity index (χ0v) is 23.6. The number of hydrogen-bond acceptors (Lipinski definition) is 6. The second kappa shape index (κ2) is 12.1. The minimum Gasteiger partial charge on any atom is -0.345 e. The summed E-state index contributed by atoms with van der Waals surface area (Å²) in [7, 11) is 1.73. The number of carbonyl (C=O) groups excluding carboxylic acids is 2. The molecule has 0 aliphatic carbocycles. The predicted octanol–water partition coefficient (Wildman–Crippen LogP) is 5.26. The number of hydrazone groups is 1. The van der Waals surface area contributed by atoms with Crippen LogP contribution in [0.5, 0.6) is 0 Å². The van der Waals surface area contributed by atoms with E-state index in [0.29, 0.717) is 17.4 Å². The summed E-state index contributed by atoms with van der Waals surface area (Å²) in [4.78, 5) is 25.7. The van der Waals surface area contributed by atoms with Crippen LogP contribution in [0.1, 0.15) is 39.8 Å². The number of aromatic nitrogens is 3. The number of thioether (sulfide) groups is 1. The van der Waals surface area contributed by atoms with E-state index in [-0.39, 0.29) is 35.6 Å². The molecule has 0 bridgehead atoms. The van der Waals surface area contributed by atoms with Crippen molar-refractivity contribution in [2.45, 2.75) is 24.2 Å². The van der Waals surface area contributed by atoms with E-state index in [1.807, 2.05) is 24.3 Å². The second-order valence-corrected chi connectivity index (χ2v) is 10.9. The molecule has 40 heavy (non-hydrogen) atoms. The molecule has 1 atom stereocenters. The summed E-state index contributed by atoms with van der Waals surface area (Å²) in [5, 5.41) is 17.6. The van der Waals surface area contributed by atoms with Gasteiger partial charge in [0.2, 0.25) is 0 Å². The van der Waals surface area contributed by atoms with Gasteiger partial charge in [-0.25, -0.2) is 13.8 Å². The molecule has 204 valence electrons. The molecule has 4 aromatic rings. The molecule has 1 aliphatic heterocycles. The average Bonchev–Trinajstić information content (AvgIpc) is 3.55. The fourth-order valence-electron chi connectivity index (χ4n) is 4.21. The van der Waals surface area contributed by atoms with Crippen molar-refractivity contribution < 1.29 is 18.4 Å². The first-order chi connectivity index (χ1) is 19.3. The van der Waals surface area contributed by atoms with Crippen LogP contribution in [-0.4, -0.2) is 43.1 Å². The van der Waals surface area contributed by atoms with Gasteiger partial charge < -0.3 is 9.88 Å². The van der Waals surface area contributed by atoms with E-state index in [1.54, 1.807) is 23.7 Å². The summed E-state index contributed by atoms with van der Waals surface area (Å²) in [6.07, 6.45) is 0.489. The summed E-state index contributed by atoms with van der Waals surface area (Å²) in [6.45, 7) is 0.0764. The zero-order valence-electron chi connectivity index (χ0n) is 21.2. The monoisotopic (exact) mass is 624 g/mol. The Morgan fingerprint density at radius 3 is 2.50 bits per heavy atom. The molecule has 1 aromatic heterocycles. The highest BCUT2D eigenvalue weighted by Gasteiger charge is 2.33. The lowest BCUT2D eigenvalue weighted by Crippen LogP contribution is -2.28. The van der Waals surface area contributed by atoms with Gasteiger partial charge in [-0.2, -0.15) is 5.10 Å². The Morgan fingerprint density at radius 1 is 1.02 bits per heavy atom. The molecule has 2 amide bonds. The van der Waals surface area contributed by atoms with Gasteiger partial charge in [0, 0.05) is 23.5 Å². The smallest absolute Gasteiger partial charge is 0.253 e. The number of nitrogens with one attached hydrogen (secondary N) is 1. The predicted molar refractivity (Wildman–Crippen MR) is 151 cm³/mol. The molecule has 0 spiro atoms. The Labute approximate surface area is 241 Å². The van der Waals surface area contributed by atoms with Gasteiger partial charge in [0.15, 0.2) is 11.0 Å². The van der Waals surface area contributed by atoms with Crippen LogP contribution >= 0.6 is 27.7 Å². The van der Waals surface area contributed by atoms with Crippen molar-refractivity contribution in [3.8, 4) is 0 Å². The molecule has 0 radical (unpaired) electrons. The van der Waals surface area contributed by atoms with Gasteiger partial charge in [0.1, 0.15) is 11.6 Å². The van der Waals surface area contributed by atoms with Crippen LogP contribution in [0.3, 0.4) is 0 Å². The molecule has 1 N–H and O–H groups in total. The third-order valence-electron chi connectivity index (χ3n) is 6.34. The highest BCUT2D eigenvalue weighted by Crippen LogP contribution is 2.34. The average molecular weight is 625 g/mol. The van der Waals surface area contributed by atoms with Crippen molar-refractivity contribution in [3.63, 3.8) is 0 Å². The lowest BCUT2D eigenvalue weighted by atomic mass is 9.98. The van der Waals surface area contributed by atoms with E-state index in [0.717, 1.165) is 27.4 Å². The number of hydrogen-bond donors (Lipinski definition) is 1. The Morgan fingerprint density at radius 2 is 1.77 bits per heavy atom. The Hall–Kier alpha value is -3.90. The van der Waals surface area contributed by atoms with E-state index in [9.17, 15) is 18.4 Å². The fraction of sp³-hybridized carbons (Fsp3) is 0.179. The first kappa shape index (κ1) is 27.7. The number of rotatable bonds is 8. The van der Waals surface area contributed by atoms with Crippen LogP contribution in [0.15, 0.2) is 87.5 Å². The van der Waals surface area contributed by atoms with Crippen molar-refractivity contribution in [1.82, 2.24) is 25.1 Å². The summed E-state index contributed by atoms with van der Waals surface area (Å²) in [5.74, 6) is -1.02. The second-order valence-electron chi connectivity index (χ2n) is 9.00. The molecule has 0 unspecified atom stereocenters. The van der Waals surface area contributed by atoms with Crippen molar-refractivity contribution in [3.05, 3.63) is 111 Å². The third-order valence-corrected chi connectivity index (χ3v) is 7.88. The van der Waals surface area contributed by atoms with E-state index in [1.165, 1.54) is 47.1 Å². The quantitative estimate of drug-likeness (QED) is 0.270. The van der Waals surface area contributed by atoms with Crippen molar-refractivity contribution in [1.29, 1.82) is 0 Å². The third kappa shape index (κ3) is 6.28. The number of nitrogens with zero attached hydrogens (tertiary/aromatic N) is 5. The van der Waals surface area contributed by atoms with E-state index < -0.39 is 11.7 Å². The van der Waals surface area contributed by atoms with Gasteiger partial charge in [0.05, 0.1) is 24.1 Å². The van der Waals surface area contributed by atoms with Crippen molar-refractivity contribution in [2.75, 3.05) is 5.75 Å². The first-order valence-corrected chi connectivity index (χ1v) is 14.0. The van der Waals surface area contributed by atoms with Gasteiger partial charge in [-0.05, 0) is 53.6 Å². The molecule has 8 nitrogen and oxygen atoms in total. The van der Waals surface area contributed by atoms with Crippen LogP contribution in [0.4, 0.5) is 8.78 Å². The molecule has 5 rings (SSSR count). The molecule has 12 heteroatoms. The molecular formula is C28H23BrF2N6O2S. The van der Waals surface area contributed by atoms with Crippen LogP contribution < -0.4 is 5.32 Å². The lowest BCUT2D eigenvalue weighted by molar-refractivity contribution is -0.130. The van der Waals surface area contributed by atoms with E-state index >= 15 is 0 Å². The summed E-state index contributed by atoms with van der Waals surface area (Å²) in [6, 6.07) is 18.8. The maximum Gasteiger partial charge on any atom is 0.253 e. The molecule has 1 aliphatic rings.